The zero-order valence-electron chi connectivity index (χ0n) is 10.7. The minimum Gasteiger partial charge on any atom is -0.480 e. The SMILES string of the molecule is CC[C@H](C(=O)O)N(CCOC)C1CCOCC1. The van der Waals surface area contributed by atoms with Crippen LogP contribution in [-0.4, -0.2) is 61.5 Å². The summed E-state index contributed by atoms with van der Waals surface area (Å²) in [7, 11) is 1.64. The Morgan fingerprint density at radius 2 is 2.18 bits per heavy atom. The number of carboxylic acids is 1. The average Bonchev–Trinajstić information content (AvgIpc) is 2.35. The van der Waals surface area contributed by atoms with Crippen LogP contribution in [0, 0.1) is 0 Å². The molecule has 1 rings (SSSR count). The highest BCUT2D eigenvalue weighted by molar-refractivity contribution is 5.73. The first-order chi connectivity index (χ1) is 8.20. The summed E-state index contributed by atoms with van der Waals surface area (Å²) in [4.78, 5) is 13.3. The Labute approximate surface area is 103 Å². The molecular formula is C12H23NO4. The topological polar surface area (TPSA) is 59.0 Å². The first-order valence-electron chi connectivity index (χ1n) is 6.26. The van der Waals surface area contributed by atoms with Crippen molar-refractivity contribution in [3.63, 3.8) is 0 Å². The third kappa shape index (κ3) is 4.26. The summed E-state index contributed by atoms with van der Waals surface area (Å²) in [5.74, 6) is -0.741. The van der Waals surface area contributed by atoms with Crippen molar-refractivity contribution in [2.24, 2.45) is 0 Å². The smallest absolute Gasteiger partial charge is 0.320 e. The molecule has 0 aromatic rings. The predicted molar refractivity (Wildman–Crippen MR) is 64.1 cm³/mol. The highest BCUT2D eigenvalue weighted by atomic mass is 16.5. The molecule has 0 aromatic carbocycles. The Kier molecular flexibility index (Phi) is 6.47. The average molecular weight is 245 g/mol. The van der Waals surface area contributed by atoms with Crippen LogP contribution >= 0.6 is 0 Å². The van der Waals surface area contributed by atoms with E-state index in [1.54, 1.807) is 7.11 Å². The summed E-state index contributed by atoms with van der Waals surface area (Å²) in [6.45, 7) is 4.61. The van der Waals surface area contributed by atoms with E-state index < -0.39 is 12.0 Å². The van der Waals surface area contributed by atoms with Crippen molar-refractivity contribution in [1.82, 2.24) is 4.90 Å². The van der Waals surface area contributed by atoms with E-state index >= 15 is 0 Å². The predicted octanol–water partition coefficient (Wildman–Crippen LogP) is 0.977. The number of carbonyl (C=O) groups is 1. The third-order valence-electron chi connectivity index (χ3n) is 3.29. The van der Waals surface area contributed by atoms with E-state index in [2.05, 4.69) is 4.90 Å². The number of carboxylic acid groups (broad SMARTS) is 1. The molecule has 17 heavy (non-hydrogen) atoms. The van der Waals surface area contributed by atoms with Crippen molar-refractivity contribution >= 4 is 5.97 Å². The van der Waals surface area contributed by atoms with Crippen molar-refractivity contribution in [3.8, 4) is 0 Å². The molecule has 0 bridgehead atoms. The summed E-state index contributed by atoms with van der Waals surface area (Å²) in [5.41, 5.74) is 0. The Hall–Kier alpha value is -0.650. The van der Waals surface area contributed by atoms with E-state index in [1.807, 2.05) is 6.92 Å². The van der Waals surface area contributed by atoms with E-state index in [0.717, 1.165) is 26.1 Å². The van der Waals surface area contributed by atoms with Crippen molar-refractivity contribution in [1.29, 1.82) is 0 Å². The van der Waals surface area contributed by atoms with Gasteiger partial charge >= 0.3 is 5.97 Å². The lowest BCUT2D eigenvalue weighted by atomic mass is 10.0. The van der Waals surface area contributed by atoms with Gasteiger partial charge in [-0.25, -0.2) is 0 Å². The maximum absolute atomic E-state index is 11.3. The first kappa shape index (κ1) is 14.4. The monoisotopic (exact) mass is 245 g/mol. The van der Waals surface area contributed by atoms with Gasteiger partial charge in [0, 0.05) is 32.9 Å². The van der Waals surface area contributed by atoms with Gasteiger partial charge < -0.3 is 14.6 Å². The highest BCUT2D eigenvalue weighted by Gasteiger charge is 2.30. The molecule has 0 radical (unpaired) electrons. The van der Waals surface area contributed by atoms with Crippen LogP contribution in [0.3, 0.4) is 0 Å². The molecule has 1 aliphatic rings. The van der Waals surface area contributed by atoms with Gasteiger partial charge in [0.25, 0.3) is 0 Å². The lowest BCUT2D eigenvalue weighted by Gasteiger charge is -2.37. The molecule has 1 aliphatic heterocycles. The molecule has 0 aliphatic carbocycles. The molecule has 0 aromatic heterocycles. The molecule has 1 fully saturated rings. The molecule has 0 saturated carbocycles. The van der Waals surface area contributed by atoms with Crippen LogP contribution in [0.1, 0.15) is 26.2 Å². The van der Waals surface area contributed by atoms with Gasteiger partial charge in [-0.2, -0.15) is 0 Å². The second-order valence-electron chi connectivity index (χ2n) is 4.34. The van der Waals surface area contributed by atoms with E-state index in [-0.39, 0.29) is 0 Å². The van der Waals surface area contributed by atoms with Crippen molar-refractivity contribution in [3.05, 3.63) is 0 Å². The van der Waals surface area contributed by atoms with Crippen molar-refractivity contribution < 1.29 is 19.4 Å². The largest absolute Gasteiger partial charge is 0.480 e. The molecule has 1 heterocycles. The van der Waals surface area contributed by atoms with Crippen LogP contribution in [0.15, 0.2) is 0 Å². The van der Waals surface area contributed by atoms with Gasteiger partial charge in [0.15, 0.2) is 0 Å². The summed E-state index contributed by atoms with van der Waals surface area (Å²) in [5, 5.41) is 9.26. The molecule has 5 heteroatoms. The normalized spacial score (nSPS) is 19.5. The van der Waals surface area contributed by atoms with E-state index in [4.69, 9.17) is 9.47 Å². The van der Waals surface area contributed by atoms with Crippen molar-refractivity contribution in [2.75, 3.05) is 33.5 Å². The molecule has 0 amide bonds. The van der Waals surface area contributed by atoms with Crippen LogP contribution < -0.4 is 0 Å². The summed E-state index contributed by atoms with van der Waals surface area (Å²) in [6.07, 6.45) is 2.44. The highest BCUT2D eigenvalue weighted by Crippen LogP contribution is 2.18. The van der Waals surface area contributed by atoms with Crippen LogP contribution in [0.2, 0.25) is 0 Å². The van der Waals surface area contributed by atoms with Gasteiger partial charge in [-0.05, 0) is 19.3 Å². The lowest BCUT2D eigenvalue weighted by Crippen LogP contribution is -2.50. The Morgan fingerprint density at radius 3 is 2.65 bits per heavy atom. The zero-order chi connectivity index (χ0) is 12.7. The zero-order valence-corrected chi connectivity index (χ0v) is 10.7. The number of ether oxygens (including phenoxy) is 2. The summed E-state index contributed by atoms with van der Waals surface area (Å²) < 4.78 is 10.4. The maximum Gasteiger partial charge on any atom is 0.320 e. The van der Waals surface area contributed by atoms with Gasteiger partial charge in [0.2, 0.25) is 0 Å². The van der Waals surface area contributed by atoms with Crippen molar-refractivity contribution in [2.45, 2.75) is 38.3 Å². The third-order valence-corrected chi connectivity index (χ3v) is 3.29. The molecular weight excluding hydrogens is 222 g/mol. The quantitative estimate of drug-likeness (QED) is 0.724. The van der Waals surface area contributed by atoms with Gasteiger partial charge in [0.1, 0.15) is 6.04 Å². The summed E-state index contributed by atoms with van der Waals surface area (Å²) in [6, 6.07) is -0.104. The fraction of sp³-hybridized carbons (Fsp3) is 0.917. The molecule has 0 unspecified atom stereocenters. The first-order valence-corrected chi connectivity index (χ1v) is 6.26. The lowest BCUT2D eigenvalue weighted by molar-refractivity contribution is -0.145. The second kappa shape index (κ2) is 7.63. The number of rotatable bonds is 7. The van der Waals surface area contributed by atoms with E-state index in [9.17, 15) is 9.90 Å². The molecule has 100 valence electrons. The van der Waals surface area contributed by atoms with Gasteiger partial charge in [-0.1, -0.05) is 6.92 Å². The number of nitrogens with zero attached hydrogens (tertiary/aromatic N) is 1. The van der Waals surface area contributed by atoms with Crippen LogP contribution in [0.5, 0.6) is 0 Å². The standard InChI is InChI=1S/C12H23NO4/c1-3-11(12(14)15)13(6-9-16-2)10-4-7-17-8-5-10/h10-11H,3-9H2,1-2H3,(H,14,15)/t11-/m1/s1. The maximum atomic E-state index is 11.3. The minimum absolute atomic E-state index is 0.306. The van der Waals surface area contributed by atoms with Crippen LogP contribution in [-0.2, 0) is 14.3 Å². The fourth-order valence-corrected chi connectivity index (χ4v) is 2.36. The Morgan fingerprint density at radius 1 is 1.53 bits per heavy atom. The fourth-order valence-electron chi connectivity index (χ4n) is 2.36. The second-order valence-corrected chi connectivity index (χ2v) is 4.34. The summed E-state index contributed by atoms with van der Waals surface area (Å²) >= 11 is 0. The van der Waals surface area contributed by atoms with Gasteiger partial charge in [-0.15, -0.1) is 0 Å². The minimum atomic E-state index is -0.741. The molecule has 5 nitrogen and oxygen atoms in total. The van der Waals surface area contributed by atoms with Gasteiger partial charge in [0.05, 0.1) is 6.61 Å². The van der Waals surface area contributed by atoms with Crippen LogP contribution in [0.25, 0.3) is 0 Å². The Bertz CT molecular complexity index is 229. The van der Waals surface area contributed by atoms with E-state index in [1.165, 1.54) is 0 Å². The Balaban J connectivity index is 2.65. The molecule has 0 spiro atoms. The number of hydrogen-bond acceptors (Lipinski definition) is 4. The molecule has 1 N–H and O–H groups in total. The number of methoxy groups -OCH3 is 1. The number of hydrogen-bond donors (Lipinski definition) is 1. The van der Waals surface area contributed by atoms with Crippen LogP contribution in [0.4, 0.5) is 0 Å². The molecule has 1 saturated heterocycles. The number of aliphatic carboxylic acids is 1. The molecule has 1 atom stereocenters. The van der Waals surface area contributed by atoms with Gasteiger partial charge in [-0.3, -0.25) is 9.69 Å². The van der Waals surface area contributed by atoms with E-state index in [0.29, 0.717) is 25.6 Å².